The molecule has 0 saturated carbocycles. The minimum Gasteiger partial charge on any atom is -0.492 e. The third-order valence-electron chi connectivity index (χ3n) is 6.03. The number of hydrogen-bond acceptors (Lipinski definition) is 5. The fourth-order valence-electron chi connectivity index (χ4n) is 4.05. The van der Waals surface area contributed by atoms with E-state index >= 15 is 0 Å². The van der Waals surface area contributed by atoms with Crippen LogP contribution in [0.2, 0.25) is 0 Å². The summed E-state index contributed by atoms with van der Waals surface area (Å²) in [7, 11) is 1.96. The second kappa shape index (κ2) is 8.51. The third-order valence-corrected chi connectivity index (χ3v) is 6.03. The molecular formula is C23H31N5O. The highest BCUT2D eigenvalue weighted by Gasteiger charge is 2.15. The van der Waals surface area contributed by atoms with Gasteiger partial charge in [0, 0.05) is 56.4 Å². The van der Waals surface area contributed by atoms with Crippen LogP contribution in [0.1, 0.15) is 18.2 Å². The molecule has 6 heteroatoms. The zero-order valence-corrected chi connectivity index (χ0v) is 18.0. The monoisotopic (exact) mass is 393 g/mol. The van der Waals surface area contributed by atoms with Gasteiger partial charge in [0.25, 0.3) is 0 Å². The molecule has 29 heavy (non-hydrogen) atoms. The van der Waals surface area contributed by atoms with Gasteiger partial charge in [-0.15, -0.1) is 0 Å². The Labute approximate surface area is 173 Å². The van der Waals surface area contributed by atoms with E-state index in [0.717, 1.165) is 79.6 Å². The molecule has 0 bridgehead atoms. The average molecular weight is 394 g/mol. The van der Waals surface area contributed by atoms with Gasteiger partial charge in [-0.05, 0) is 56.3 Å². The van der Waals surface area contributed by atoms with Crippen molar-refractivity contribution in [1.82, 2.24) is 24.6 Å². The minimum absolute atomic E-state index is 0.724. The summed E-state index contributed by atoms with van der Waals surface area (Å²) in [6.45, 7) is 13.9. The lowest BCUT2D eigenvalue weighted by Crippen LogP contribution is -2.47. The third kappa shape index (κ3) is 4.28. The van der Waals surface area contributed by atoms with Gasteiger partial charge in [-0.3, -0.25) is 9.58 Å². The van der Waals surface area contributed by atoms with Crippen LogP contribution < -0.4 is 4.74 Å². The summed E-state index contributed by atoms with van der Waals surface area (Å²) in [4.78, 5) is 9.75. The van der Waals surface area contributed by atoms with Gasteiger partial charge < -0.3 is 9.64 Å². The Kier molecular flexibility index (Phi) is 5.83. The van der Waals surface area contributed by atoms with Crippen molar-refractivity contribution < 1.29 is 4.74 Å². The highest BCUT2D eigenvalue weighted by Crippen LogP contribution is 2.27. The fraction of sp³-hybridized carbons (Fsp3) is 0.478. The van der Waals surface area contributed by atoms with E-state index in [-0.39, 0.29) is 0 Å². The van der Waals surface area contributed by atoms with Crippen molar-refractivity contribution in [3.63, 3.8) is 0 Å². The Hall–Kier alpha value is -2.44. The number of hydrogen-bond donors (Lipinski definition) is 0. The number of aryl methyl sites for hydroxylation is 3. The molecule has 4 rings (SSSR count). The molecule has 1 aromatic carbocycles. The number of ether oxygens (including phenoxy) is 1. The number of nitrogens with zero attached hydrogens (tertiary/aromatic N) is 5. The average Bonchev–Trinajstić information content (AvgIpc) is 3.03. The zero-order valence-electron chi connectivity index (χ0n) is 18.0. The second-order valence-corrected chi connectivity index (χ2v) is 7.88. The maximum atomic E-state index is 5.97. The summed E-state index contributed by atoms with van der Waals surface area (Å²) in [6.07, 6.45) is 0. The van der Waals surface area contributed by atoms with Gasteiger partial charge >= 0.3 is 0 Å². The summed E-state index contributed by atoms with van der Waals surface area (Å²) in [5.41, 5.74) is 5.20. The lowest BCUT2D eigenvalue weighted by molar-refractivity contribution is 0.121. The van der Waals surface area contributed by atoms with Crippen LogP contribution in [0.25, 0.3) is 22.3 Å². The minimum atomic E-state index is 0.724. The number of benzene rings is 1. The topological polar surface area (TPSA) is 46.4 Å². The van der Waals surface area contributed by atoms with E-state index in [1.165, 1.54) is 5.56 Å². The van der Waals surface area contributed by atoms with E-state index in [1.807, 2.05) is 23.9 Å². The normalized spacial score (nSPS) is 15.9. The fourth-order valence-corrected chi connectivity index (χ4v) is 4.05. The van der Waals surface area contributed by atoms with Crippen LogP contribution in [-0.2, 0) is 7.05 Å². The van der Waals surface area contributed by atoms with Crippen LogP contribution in [0.5, 0.6) is 5.75 Å². The molecule has 6 nitrogen and oxygen atoms in total. The molecule has 0 radical (unpaired) electrons. The molecule has 1 fully saturated rings. The quantitative estimate of drug-likeness (QED) is 0.643. The lowest BCUT2D eigenvalue weighted by Gasteiger charge is -2.33. The van der Waals surface area contributed by atoms with Crippen molar-refractivity contribution in [2.24, 2.45) is 7.05 Å². The molecule has 2 aromatic heterocycles. The van der Waals surface area contributed by atoms with E-state index in [1.54, 1.807) is 0 Å². The van der Waals surface area contributed by atoms with Crippen molar-refractivity contribution in [3.8, 4) is 17.0 Å². The molecule has 1 aliphatic rings. The second-order valence-electron chi connectivity index (χ2n) is 7.88. The van der Waals surface area contributed by atoms with Crippen molar-refractivity contribution >= 4 is 11.0 Å². The first-order valence-corrected chi connectivity index (χ1v) is 10.5. The molecule has 0 N–H and O–H groups in total. The summed E-state index contributed by atoms with van der Waals surface area (Å²) in [5.74, 6) is 0.910. The zero-order chi connectivity index (χ0) is 20.4. The largest absolute Gasteiger partial charge is 0.492 e. The van der Waals surface area contributed by atoms with Gasteiger partial charge in [0.2, 0.25) is 0 Å². The van der Waals surface area contributed by atoms with Crippen LogP contribution >= 0.6 is 0 Å². The maximum Gasteiger partial charge on any atom is 0.182 e. The first-order valence-electron chi connectivity index (χ1n) is 10.5. The number of rotatable bonds is 6. The van der Waals surface area contributed by atoms with Crippen LogP contribution in [0.4, 0.5) is 0 Å². The lowest BCUT2D eigenvalue weighted by atomic mass is 10.1. The SMILES string of the molecule is CCN1CCN(CCOc2ccc(-c3cc(C)c4c(C)n(C)nc4n3)cc2)CC1. The molecule has 0 atom stereocenters. The number of piperazine rings is 1. The number of likely N-dealkylation sites (N-methyl/N-ethyl adjacent to an activating group) is 1. The molecule has 0 amide bonds. The Morgan fingerprint density at radius 2 is 1.69 bits per heavy atom. The van der Waals surface area contributed by atoms with Crippen LogP contribution in [0.3, 0.4) is 0 Å². The number of fused-ring (bicyclic) bond motifs is 1. The Bertz CT molecular complexity index is 971. The van der Waals surface area contributed by atoms with Crippen molar-refractivity contribution in [1.29, 1.82) is 0 Å². The first kappa shape index (κ1) is 19.9. The van der Waals surface area contributed by atoms with Crippen molar-refractivity contribution in [2.45, 2.75) is 20.8 Å². The van der Waals surface area contributed by atoms with Crippen LogP contribution in [0, 0.1) is 13.8 Å². The number of aromatic nitrogens is 3. The van der Waals surface area contributed by atoms with Crippen LogP contribution in [0.15, 0.2) is 30.3 Å². The highest BCUT2D eigenvalue weighted by atomic mass is 16.5. The van der Waals surface area contributed by atoms with Gasteiger partial charge in [0.1, 0.15) is 12.4 Å². The molecule has 0 unspecified atom stereocenters. The summed E-state index contributed by atoms with van der Waals surface area (Å²) in [6, 6.07) is 10.4. The van der Waals surface area contributed by atoms with E-state index < -0.39 is 0 Å². The van der Waals surface area contributed by atoms with E-state index in [9.17, 15) is 0 Å². The van der Waals surface area contributed by atoms with E-state index in [0.29, 0.717) is 0 Å². The number of pyridine rings is 1. The smallest absolute Gasteiger partial charge is 0.182 e. The Morgan fingerprint density at radius 1 is 1.00 bits per heavy atom. The summed E-state index contributed by atoms with van der Waals surface area (Å²) < 4.78 is 7.87. The molecule has 0 aliphatic carbocycles. The van der Waals surface area contributed by atoms with Gasteiger partial charge in [0.15, 0.2) is 5.65 Å². The van der Waals surface area contributed by atoms with Crippen molar-refractivity contribution in [2.75, 3.05) is 45.9 Å². The molecule has 3 heterocycles. The predicted octanol–water partition coefficient (Wildman–Crippen LogP) is 3.27. The maximum absolute atomic E-state index is 5.97. The predicted molar refractivity (Wildman–Crippen MR) is 117 cm³/mol. The molecular weight excluding hydrogens is 362 g/mol. The standard InChI is InChI=1S/C23H31N5O/c1-5-27-10-12-28(13-11-27)14-15-29-20-8-6-19(7-9-20)21-16-17(2)22-18(3)26(4)25-23(22)24-21/h6-9,16H,5,10-15H2,1-4H3. The molecule has 154 valence electrons. The van der Waals surface area contributed by atoms with Gasteiger partial charge in [-0.1, -0.05) is 6.92 Å². The first-order chi connectivity index (χ1) is 14.0. The van der Waals surface area contributed by atoms with Crippen LogP contribution in [-0.4, -0.2) is 70.4 Å². The van der Waals surface area contributed by atoms with Gasteiger partial charge in [0.05, 0.1) is 5.69 Å². The summed E-state index contributed by atoms with van der Waals surface area (Å²) in [5, 5.41) is 5.69. The molecule has 1 aliphatic heterocycles. The van der Waals surface area contributed by atoms with Gasteiger partial charge in [-0.25, -0.2) is 4.98 Å². The molecule has 0 spiro atoms. The Balaban J connectivity index is 1.37. The van der Waals surface area contributed by atoms with Crippen molar-refractivity contribution in [3.05, 3.63) is 41.6 Å². The Morgan fingerprint density at radius 3 is 2.38 bits per heavy atom. The molecule has 3 aromatic rings. The summed E-state index contributed by atoms with van der Waals surface area (Å²) >= 11 is 0. The van der Waals surface area contributed by atoms with E-state index in [2.05, 4.69) is 53.9 Å². The molecule has 1 saturated heterocycles. The van der Waals surface area contributed by atoms with E-state index in [4.69, 9.17) is 9.72 Å². The van der Waals surface area contributed by atoms with Gasteiger partial charge in [-0.2, -0.15) is 5.10 Å². The highest BCUT2D eigenvalue weighted by molar-refractivity contribution is 5.84.